The Kier molecular flexibility index (Phi) is 3.73. The minimum absolute atomic E-state index is 0.00743. The fraction of sp³-hybridized carbons (Fsp3) is 0.909. The summed E-state index contributed by atoms with van der Waals surface area (Å²) in [5.41, 5.74) is 5.87. The SMILES string of the molecule is CC(C)OCC(=O)NC1CC(N)C1(C)C. The Bertz CT molecular complexity index is 239. The first-order chi connectivity index (χ1) is 6.84. The molecule has 0 aromatic carbocycles. The van der Waals surface area contributed by atoms with Crippen molar-refractivity contribution >= 4 is 5.91 Å². The number of nitrogens with one attached hydrogen (secondary N) is 1. The highest BCUT2D eigenvalue weighted by molar-refractivity contribution is 5.77. The molecule has 1 amide bonds. The van der Waals surface area contributed by atoms with E-state index in [9.17, 15) is 4.79 Å². The Labute approximate surface area is 91.5 Å². The molecule has 0 bridgehead atoms. The standard InChI is InChI=1S/C11H22N2O2/c1-7(2)15-6-10(14)13-9-5-8(12)11(9,3)4/h7-9H,5-6,12H2,1-4H3,(H,13,14). The molecule has 1 aliphatic carbocycles. The lowest BCUT2D eigenvalue weighted by Crippen LogP contribution is -2.64. The lowest BCUT2D eigenvalue weighted by molar-refractivity contribution is -0.130. The Morgan fingerprint density at radius 2 is 2.20 bits per heavy atom. The van der Waals surface area contributed by atoms with Gasteiger partial charge in [0.25, 0.3) is 0 Å². The van der Waals surface area contributed by atoms with E-state index in [-0.39, 0.29) is 36.1 Å². The van der Waals surface area contributed by atoms with Crippen molar-refractivity contribution in [3.05, 3.63) is 0 Å². The van der Waals surface area contributed by atoms with Crippen molar-refractivity contribution in [2.75, 3.05) is 6.61 Å². The molecule has 0 aliphatic heterocycles. The fourth-order valence-corrected chi connectivity index (χ4v) is 1.68. The van der Waals surface area contributed by atoms with Gasteiger partial charge in [-0.15, -0.1) is 0 Å². The maximum atomic E-state index is 11.5. The summed E-state index contributed by atoms with van der Waals surface area (Å²) < 4.78 is 5.22. The topological polar surface area (TPSA) is 64.3 Å². The third kappa shape index (κ3) is 2.92. The summed E-state index contributed by atoms with van der Waals surface area (Å²) in [5, 5.41) is 2.95. The van der Waals surface area contributed by atoms with E-state index in [4.69, 9.17) is 10.5 Å². The van der Waals surface area contributed by atoms with E-state index in [1.165, 1.54) is 0 Å². The largest absolute Gasteiger partial charge is 0.369 e. The third-order valence-electron chi connectivity index (χ3n) is 3.23. The molecule has 1 rings (SSSR count). The summed E-state index contributed by atoms with van der Waals surface area (Å²) in [4.78, 5) is 11.5. The van der Waals surface area contributed by atoms with Gasteiger partial charge in [-0.25, -0.2) is 0 Å². The Balaban J connectivity index is 2.28. The van der Waals surface area contributed by atoms with Crippen LogP contribution in [0.15, 0.2) is 0 Å². The summed E-state index contributed by atoms with van der Waals surface area (Å²) >= 11 is 0. The van der Waals surface area contributed by atoms with Gasteiger partial charge in [-0.05, 0) is 20.3 Å². The van der Waals surface area contributed by atoms with E-state index in [1.807, 2.05) is 13.8 Å². The van der Waals surface area contributed by atoms with Gasteiger partial charge in [0.2, 0.25) is 5.91 Å². The normalized spacial score (nSPS) is 28.7. The number of carbonyl (C=O) groups is 1. The molecule has 0 aromatic heterocycles. The fourth-order valence-electron chi connectivity index (χ4n) is 1.68. The molecule has 0 spiro atoms. The number of rotatable bonds is 4. The minimum Gasteiger partial charge on any atom is -0.369 e. The summed E-state index contributed by atoms with van der Waals surface area (Å²) in [6.45, 7) is 8.12. The van der Waals surface area contributed by atoms with E-state index < -0.39 is 0 Å². The molecular formula is C11H22N2O2. The van der Waals surface area contributed by atoms with Gasteiger partial charge in [0.15, 0.2) is 0 Å². The molecule has 4 heteroatoms. The highest BCUT2D eigenvalue weighted by Crippen LogP contribution is 2.38. The second kappa shape index (κ2) is 4.49. The van der Waals surface area contributed by atoms with E-state index in [0.717, 1.165) is 6.42 Å². The molecule has 2 atom stereocenters. The van der Waals surface area contributed by atoms with Crippen LogP contribution in [0.1, 0.15) is 34.1 Å². The predicted molar refractivity (Wildman–Crippen MR) is 59.4 cm³/mol. The van der Waals surface area contributed by atoms with Crippen LogP contribution in [0.2, 0.25) is 0 Å². The molecule has 4 nitrogen and oxygen atoms in total. The molecule has 0 heterocycles. The zero-order valence-electron chi connectivity index (χ0n) is 10.0. The van der Waals surface area contributed by atoms with Gasteiger partial charge >= 0.3 is 0 Å². The van der Waals surface area contributed by atoms with Crippen LogP contribution >= 0.6 is 0 Å². The monoisotopic (exact) mass is 214 g/mol. The number of ether oxygens (including phenoxy) is 1. The number of hydrogen-bond acceptors (Lipinski definition) is 3. The van der Waals surface area contributed by atoms with Crippen LogP contribution in [-0.2, 0) is 9.53 Å². The highest BCUT2D eigenvalue weighted by Gasteiger charge is 2.46. The van der Waals surface area contributed by atoms with E-state index in [1.54, 1.807) is 0 Å². The van der Waals surface area contributed by atoms with Crippen molar-refractivity contribution < 1.29 is 9.53 Å². The third-order valence-corrected chi connectivity index (χ3v) is 3.23. The van der Waals surface area contributed by atoms with Crippen LogP contribution in [0.3, 0.4) is 0 Å². The average molecular weight is 214 g/mol. The average Bonchev–Trinajstić information content (AvgIpc) is 2.14. The molecule has 0 saturated heterocycles. The zero-order valence-corrected chi connectivity index (χ0v) is 10.0. The summed E-state index contributed by atoms with van der Waals surface area (Å²) in [6, 6.07) is 0.379. The van der Waals surface area contributed by atoms with Gasteiger partial charge in [-0.1, -0.05) is 13.8 Å². The van der Waals surface area contributed by atoms with Crippen LogP contribution < -0.4 is 11.1 Å². The summed E-state index contributed by atoms with van der Waals surface area (Å²) in [7, 11) is 0. The molecular weight excluding hydrogens is 192 g/mol. The molecule has 15 heavy (non-hydrogen) atoms. The molecule has 88 valence electrons. The predicted octanol–water partition coefficient (Wildman–Crippen LogP) is 0.653. The maximum absolute atomic E-state index is 11.5. The number of nitrogens with two attached hydrogens (primary N) is 1. The quantitative estimate of drug-likeness (QED) is 0.722. The van der Waals surface area contributed by atoms with Crippen molar-refractivity contribution in [2.45, 2.75) is 52.3 Å². The Morgan fingerprint density at radius 3 is 2.60 bits per heavy atom. The second-order valence-electron chi connectivity index (χ2n) is 5.14. The van der Waals surface area contributed by atoms with Gasteiger partial charge < -0.3 is 15.8 Å². The molecule has 0 radical (unpaired) electrons. The Morgan fingerprint density at radius 1 is 1.60 bits per heavy atom. The minimum atomic E-state index is -0.0475. The molecule has 0 aromatic rings. The maximum Gasteiger partial charge on any atom is 0.246 e. The highest BCUT2D eigenvalue weighted by atomic mass is 16.5. The van der Waals surface area contributed by atoms with Crippen LogP contribution in [0.25, 0.3) is 0 Å². The van der Waals surface area contributed by atoms with Gasteiger partial charge in [0.1, 0.15) is 6.61 Å². The Hall–Kier alpha value is -0.610. The zero-order chi connectivity index (χ0) is 11.6. The first-order valence-electron chi connectivity index (χ1n) is 5.50. The number of hydrogen-bond donors (Lipinski definition) is 2. The first kappa shape index (κ1) is 12.5. The summed E-state index contributed by atoms with van der Waals surface area (Å²) in [6.07, 6.45) is 0.952. The van der Waals surface area contributed by atoms with Crippen molar-refractivity contribution in [2.24, 2.45) is 11.1 Å². The van der Waals surface area contributed by atoms with Gasteiger partial charge in [0, 0.05) is 17.5 Å². The molecule has 2 unspecified atom stereocenters. The van der Waals surface area contributed by atoms with E-state index in [0.29, 0.717) is 0 Å². The molecule has 3 N–H and O–H groups in total. The number of amides is 1. The van der Waals surface area contributed by atoms with Crippen molar-refractivity contribution in [1.29, 1.82) is 0 Å². The lowest BCUT2D eigenvalue weighted by Gasteiger charge is -2.50. The molecule has 1 fully saturated rings. The van der Waals surface area contributed by atoms with E-state index >= 15 is 0 Å². The van der Waals surface area contributed by atoms with Crippen LogP contribution in [0.4, 0.5) is 0 Å². The van der Waals surface area contributed by atoms with Crippen molar-refractivity contribution in [3.8, 4) is 0 Å². The lowest BCUT2D eigenvalue weighted by atomic mass is 9.63. The van der Waals surface area contributed by atoms with Crippen LogP contribution in [-0.4, -0.2) is 30.7 Å². The van der Waals surface area contributed by atoms with Crippen molar-refractivity contribution in [1.82, 2.24) is 5.32 Å². The van der Waals surface area contributed by atoms with Crippen LogP contribution in [0, 0.1) is 5.41 Å². The molecule has 1 saturated carbocycles. The van der Waals surface area contributed by atoms with Crippen molar-refractivity contribution in [3.63, 3.8) is 0 Å². The van der Waals surface area contributed by atoms with E-state index in [2.05, 4.69) is 19.2 Å². The van der Waals surface area contributed by atoms with Gasteiger partial charge in [-0.2, -0.15) is 0 Å². The number of carbonyl (C=O) groups excluding carboxylic acids is 1. The van der Waals surface area contributed by atoms with Gasteiger partial charge in [-0.3, -0.25) is 4.79 Å². The first-order valence-corrected chi connectivity index (χ1v) is 5.50. The van der Waals surface area contributed by atoms with Gasteiger partial charge in [0.05, 0.1) is 6.10 Å². The van der Waals surface area contributed by atoms with Crippen LogP contribution in [0.5, 0.6) is 0 Å². The second-order valence-corrected chi connectivity index (χ2v) is 5.14. The molecule has 1 aliphatic rings. The smallest absolute Gasteiger partial charge is 0.246 e. The summed E-state index contributed by atoms with van der Waals surface area (Å²) in [5.74, 6) is -0.0475.